The van der Waals surface area contributed by atoms with Gasteiger partial charge in [0.15, 0.2) is 0 Å². The highest BCUT2D eigenvalue weighted by molar-refractivity contribution is 7.88. The van der Waals surface area contributed by atoms with Crippen LogP contribution in [0.15, 0.2) is 54.6 Å². The third-order valence-electron chi connectivity index (χ3n) is 4.13. The van der Waals surface area contributed by atoms with Crippen LogP contribution in [0.25, 0.3) is 0 Å². The lowest BCUT2D eigenvalue weighted by Crippen LogP contribution is -2.41. The number of aryl methyl sites for hydroxylation is 1. The van der Waals surface area contributed by atoms with Crippen molar-refractivity contribution in [2.24, 2.45) is 0 Å². The molecule has 7 heteroatoms. The molecule has 26 heavy (non-hydrogen) atoms. The minimum Gasteiger partial charge on any atom is -0.354 e. The first-order valence-electron chi connectivity index (χ1n) is 8.30. The number of carbonyl (C=O) groups excluding carboxylic acids is 1. The summed E-state index contributed by atoms with van der Waals surface area (Å²) < 4.78 is 25.0. The molecule has 0 aliphatic carbocycles. The van der Waals surface area contributed by atoms with Gasteiger partial charge >= 0.3 is 0 Å². The van der Waals surface area contributed by atoms with Crippen molar-refractivity contribution in [3.8, 4) is 0 Å². The second kappa shape index (κ2) is 9.16. The van der Waals surface area contributed by atoms with E-state index >= 15 is 0 Å². The fourth-order valence-corrected chi connectivity index (χ4v) is 3.47. The van der Waals surface area contributed by atoms with Crippen LogP contribution in [0.4, 0.5) is 0 Å². The van der Waals surface area contributed by atoms with Crippen molar-refractivity contribution in [1.82, 2.24) is 9.62 Å². The van der Waals surface area contributed by atoms with Crippen molar-refractivity contribution in [3.05, 3.63) is 70.7 Å². The molecule has 1 atom stereocenters. The van der Waals surface area contributed by atoms with E-state index in [1.807, 2.05) is 30.3 Å². The van der Waals surface area contributed by atoms with E-state index in [9.17, 15) is 13.2 Å². The molecule has 0 saturated carbocycles. The maximum absolute atomic E-state index is 12.7. The third kappa shape index (κ3) is 5.56. The number of hydrogen-bond acceptors (Lipinski definition) is 3. The number of carbonyl (C=O) groups is 1. The summed E-state index contributed by atoms with van der Waals surface area (Å²) >= 11 is 6.13. The summed E-state index contributed by atoms with van der Waals surface area (Å²) in [4.78, 5) is 12.7. The lowest BCUT2D eigenvalue weighted by Gasteiger charge is -2.25. The lowest BCUT2D eigenvalue weighted by molar-refractivity contribution is -0.124. The number of nitrogens with zero attached hydrogens (tertiary/aromatic N) is 1. The molecule has 1 N–H and O–H groups in total. The van der Waals surface area contributed by atoms with Crippen molar-refractivity contribution in [2.75, 3.05) is 19.8 Å². The molecule has 2 aromatic rings. The summed E-state index contributed by atoms with van der Waals surface area (Å²) in [6.07, 6.45) is 2.53. The molecule has 0 aromatic heterocycles. The Hall–Kier alpha value is -1.89. The number of nitrogens with one attached hydrogen (secondary N) is 1. The highest BCUT2D eigenvalue weighted by Crippen LogP contribution is 2.22. The van der Waals surface area contributed by atoms with Crippen molar-refractivity contribution < 1.29 is 13.2 Å². The summed E-state index contributed by atoms with van der Waals surface area (Å²) in [6, 6.07) is 15.6. The number of likely N-dealkylation sites (N-methyl/N-ethyl adjacent to an activating group) is 1. The van der Waals surface area contributed by atoms with E-state index in [0.717, 1.165) is 22.5 Å². The van der Waals surface area contributed by atoms with Gasteiger partial charge in [0.1, 0.15) is 6.04 Å². The SMILES string of the molecule is CN(C(C(=O)NCCCc1ccccc1Cl)c1ccccc1)S(C)(=O)=O. The smallest absolute Gasteiger partial charge is 0.242 e. The van der Waals surface area contributed by atoms with E-state index in [-0.39, 0.29) is 5.91 Å². The average molecular weight is 395 g/mol. The number of sulfonamides is 1. The average Bonchev–Trinajstić information content (AvgIpc) is 2.60. The van der Waals surface area contributed by atoms with Crippen LogP contribution in [-0.2, 0) is 21.2 Å². The van der Waals surface area contributed by atoms with Gasteiger partial charge in [-0.1, -0.05) is 60.1 Å². The second-order valence-corrected chi connectivity index (χ2v) is 8.53. The van der Waals surface area contributed by atoms with Gasteiger partial charge in [0.25, 0.3) is 0 Å². The van der Waals surface area contributed by atoms with Crippen molar-refractivity contribution in [3.63, 3.8) is 0 Å². The summed E-state index contributed by atoms with van der Waals surface area (Å²) in [6.45, 7) is 0.436. The Labute approximate surface area is 160 Å². The summed E-state index contributed by atoms with van der Waals surface area (Å²) in [5, 5.41) is 3.54. The van der Waals surface area contributed by atoms with E-state index in [2.05, 4.69) is 5.32 Å². The molecule has 0 heterocycles. The maximum atomic E-state index is 12.7. The largest absolute Gasteiger partial charge is 0.354 e. The topological polar surface area (TPSA) is 66.5 Å². The Balaban J connectivity index is 2.02. The molecule has 0 saturated heterocycles. The molecule has 0 aliphatic rings. The Morgan fingerprint density at radius 2 is 1.73 bits per heavy atom. The van der Waals surface area contributed by atoms with Crippen LogP contribution in [-0.4, -0.2) is 38.5 Å². The number of halogens is 1. The molecule has 1 unspecified atom stereocenters. The first-order chi connectivity index (χ1) is 12.3. The Morgan fingerprint density at radius 3 is 2.35 bits per heavy atom. The quantitative estimate of drug-likeness (QED) is 0.700. The van der Waals surface area contributed by atoms with Gasteiger partial charge in [-0.3, -0.25) is 4.79 Å². The molecular formula is C19H23ClN2O3S. The van der Waals surface area contributed by atoms with Gasteiger partial charge in [-0.15, -0.1) is 0 Å². The van der Waals surface area contributed by atoms with Crippen molar-refractivity contribution >= 4 is 27.5 Å². The zero-order chi connectivity index (χ0) is 19.2. The van der Waals surface area contributed by atoms with E-state index in [4.69, 9.17) is 11.6 Å². The molecule has 2 rings (SSSR count). The standard InChI is InChI=1S/C19H23ClN2O3S/c1-22(26(2,24)25)18(16-10-4-3-5-11-16)19(23)21-14-8-12-15-9-6-7-13-17(15)20/h3-7,9-11,13,18H,8,12,14H2,1-2H3,(H,21,23). The minimum absolute atomic E-state index is 0.344. The molecule has 140 valence electrons. The molecule has 5 nitrogen and oxygen atoms in total. The zero-order valence-corrected chi connectivity index (χ0v) is 16.4. The molecule has 0 aliphatic heterocycles. The van der Waals surface area contributed by atoms with E-state index in [0.29, 0.717) is 23.6 Å². The van der Waals surface area contributed by atoms with Crippen LogP contribution < -0.4 is 5.32 Å². The minimum atomic E-state index is -3.52. The maximum Gasteiger partial charge on any atom is 0.242 e. The van der Waals surface area contributed by atoms with Gasteiger partial charge < -0.3 is 5.32 Å². The number of amides is 1. The molecule has 2 aromatic carbocycles. The van der Waals surface area contributed by atoms with Gasteiger partial charge in [0.2, 0.25) is 15.9 Å². The van der Waals surface area contributed by atoms with Crippen LogP contribution in [0, 0.1) is 0 Å². The summed E-state index contributed by atoms with van der Waals surface area (Å²) in [5.74, 6) is -0.344. The highest BCUT2D eigenvalue weighted by atomic mass is 35.5. The first-order valence-corrected chi connectivity index (χ1v) is 10.5. The van der Waals surface area contributed by atoms with Crippen molar-refractivity contribution in [1.29, 1.82) is 0 Å². The zero-order valence-electron chi connectivity index (χ0n) is 14.9. The summed E-state index contributed by atoms with van der Waals surface area (Å²) in [5.41, 5.74) is 1.65. The Morgan fingerprint density at radius 1 is 1.12 bits per heavy atom. The van der Waals surface area contributed by atoms with Crippen LogP contribution in [0.1, 0.15) is 23.6 Å². The number of rotatable bonds is 8. The molecule has 0 fully saturated rings. The van der Waals surface area contributed by atoms with Crippen LogP contribution >= 0.6 is 11.6 Å². The molecule has 1 amide bonds. The molecular weight excluding hydrogens is 372 g/mol. The second-order valence-electron chi connectivity index (χ2n) is 6.08. The fraction of sp³-hybridized carbons (Fsp3) is 0.316. The van der Waals surface area contributed by atoms with E-state index in [1.54, 1.807) is 24.3 Å². The van der Waals surface area contributed by atoms with Gasteiger partial charge in [0, 0.05) is 18.6 Å². The highest BCUT2D eigenvalue weighted by Gasteiger charge is 2.30. The Bertz CT molecular complexity index is 841. The predicted molar refractivity (Wildman–Crippen MR) is 105 cm³/mol. The number of benzene rings is 2. The number of hydrogen-bond donors (Lipinski definition) is 1. The Kier molecular flexibility index (Phi) is 7.20. The third-order valence-corrected chi connectivity index (χ3v) is 5.76. The van der Waals surface area contributed by atoms with Gasteiger partial charge in [-0.2, -0.15) is 4.31 Å². The van der Waals surface area contributed by atoms with Crippen LogP contribution in [0.3, 0.4) is 0 Å². The van der Waals surface area contributed by atoms with Gasteiger partial charge in [0.05, 0.1) is 6.26 Å². The fourth-order valence-electron chi connectivity index (χ4n) is 2.64. The predicted octanol–water partition coefficient (Wildman–Crippen LogP) is 3.02. The van der Waals surface area contributed by atoms with Crippen LogP contribution in [0.5, 0.6) is 0 Å². The van der Waals surface area contributed by atoms with Gasteiger partial charge in [-0.05, 0) is 30.0 Å². The molecule has 0 bridgehead atoms. The van der Waals surface area contributed by atoms with Gasteiger partial charge in [-0.25, -0.2) is 8.42 Å². The van der Waals surface area contributed by atoms with E-state index in [1.165, 1.54) is 7.05 Å². The summed E-state index contributed by atoms with van der Waals surface area (Å²) in [7, 11) is -2.11. The lowest BCUT2D eigenvalue weighted by atomic mass is 10.1. The van der Waals surface area contributed by atoms with Crippen LogP contribution in [0.2, 0.25) is 5.02 Å². The van der Waals surface area contributed by atoms with E-state index < -0.39 is 16.1 Å². The normalized spacial score (nSPS) is 12.8. The monoisotopic (exact) mass is 394 g/mol. The van der Waals surface area contributed by atoms with Crippen molar-refractivity contribution in [2.45, 2.75) is 18.9 Å². The molecule has 0 spiro atoms. The first kappa shape index (κ1) is 20.4. The molecule has 0 radical (unpaired) electrons.